The first-order chi connectivity index (χ1) is 15.4. The quantitative estimate of drug-likeness (QED) is 0.256. The molecule has 3 rings (SSSR count). The van der Waals surface area contributed by atoms with Crippen LogP contribution in [0.15, 0.2) is 53.1 Å². The van der Waals surface area contributed by atoms with Crippen LogP contribution in [0, 0.1) is 0 Å². The lowest BCUT2D eigenvalue weighted by molar-refractivity contribution is 0.371. The Balaban J connectivity index is 1.49. The van der Waals surface area contributed by atoms with E-state index in [0.717, 1.165) is 43.2 Å². The zero-order valence-electron chi connectivity index (χ0n) is 18.5. The van der Waals surface area contributed by atoms with E-state index in [4.69, 9.17) is 14.3 Å². The van der Waals surface area contributed by atoms with Gasteiger partial charge in [0.1, 0.15) is 0 Å². The summed E-state index contributed by atoms with van der Waals surface area (Å²) in [7, 11) is -3.92. The molecule has 172 valence electrons. The number of hydrogen-bond donors (Lipinski definition) is 3. The average molecular weight is 458 g/mol. The molecular weight excluding hydrogens is 425 g/mol. The summed E-state index contributed by atoms with van der Waals surface area (Å²) in [6.07, 6.45) is 5.14. The molecule has 0 atom stereocenters. The van der Waals surface area contributed by atoms with E-state index in [-0.39, 0.29) is 6.16 Å². The Bertz CT molecular complexity index is 1020. The third kappa shape index (κ3) is 7.99. The minimum absolute atomic E-state index is 0.0913. The van der Waals surface area contributed by atoms with Crippen molar-refractivity contribution in [2.75, 3.05) is 12.7 Å². The third-order valence-electron chi connectivity index (χ3n) is 5.38. The predicted molar refractivity (Wildman–Crippen MR) is 125 cm³/mol. The molecule has 0 bridgehead atoms. The van der Waals surface area contributed by atoms with Crippen molar-refractivity contribution in [2.45, 2.75) is 52.0 Å². The fourth-order valence-electron chi connectivity index (χ4n) is 3.62. The summed E-state index contributed by atoms with van der Waals surface area (Å²) in [5.74, 6) is 1.28. The van der Waals surface area contributed by atoms with E-state index >= 15 is 0 Å². The molecule has 0 aliphatic carbocycles. The molecule has 3 aromatic rings. The van der Waals surface area contributed by atoms with Crippen molar-refractivity contribution >= 4 is 7.60 Å². The maximum atomic E-state index is 10.9. The van der Waals surface area contributed by atoms with Gasteiger partial charge in [0.25, 0.3) is 0 Å². The van der Waals surface area contributed by atoms with Crippen molar-refractivity contribution in [1.29, 1.82) is 0 Å². The highest BCUT2D eigenvalue weighted by Gasteiger charge is 2.13. The largest absolute Gasteiger partial charge is 0.339 e. The van der Waals surface area contributed by atoms with Crippen LogP contribution < -0.4 is 5.32 Å². The number of benzene rings is 2. The van der Waals surface area contributed by atoms with Crippen LogP contribution in [0.2, 0.25) is 0 Å². The van der Waals surface area contributed by atoms with Crippen LogP contribution >= 0.6 is 7.60 Å². The molecule has 8 heteroatoms. The lowest BCUT2D eigenvalue weighted by Gasteiger charge is -2.11. The molecule has 0 fully saturated rings. The van der Waals surface area contributed by atoms with E-state index in [1.807, 2.05) is 12.1 Å². The fourth-order valence-corrected chi connectivity index (χ4v) is 4.19. The second-order valence-electron chi connectivity index (χ2n) is 7.96. The molecule has 0 aliphatic heterocycles. The molecule has 32 heavy (non-hydrogen) atoms. The zero-order valence-corrected chi connectivity index (χ0v) is 19.4. The van der Waals surface area contributed by atoms with Crippen LogP contribution in [0.3, 0.4) is 0 Å². The normalized spacial score (nSPS) is 11.7. The summed E-state index contributed by atoms with van der Waals surface area (Å²) in [6.45, 7) is 3.32. The van der Waals surface area contributed by atoms with Crippen molar-refractivity contribution in [3.8, 4) is 11.4 Å². The maximum Gasteiger partial charge on any atom is 0.325 e. The minimum Gasteiger partial charge on any atom is -0.339 e. The molecule has 2 aromatic carbocycles. The zero-order chi connectivity index (χ0) is 22.8. The molecule has 0 unspecified atom stereocenters. The minimum atomic E-state index is -3.92. The molecule has 1 aromatic heterocycles. The summed E-state index contributed by atoms with van der Waals surface area (Å²) in [6, 6.07) is 16.6. The number of nitrogens with zero attached hydrogens (tertiary/aromatic N) is 2. The summed E-state index contributed by atoms with van der Waals surface area (Å²) in [4.78, 5) is 22.4. The molecular formula is C24H32N3O4P. The van der Waals surface area contributed by atoms with Crippen LogP contribution in [-0.4, -0.2) is 32.6 Å². The van der Waals surface area contributed by atoms with Gasteiger partial charge in [0.15, 0.2) is 0 Å². The molecule has 0 saturated carbocycles. The van der Waals surface area contributed by atoms with Crippen molar-refractivity contribution < 1.29 is 18.9 Å². The smallest absolute Gasteiger partial charge is 0.325 e. The van der Waals surface area contributed by atoms with Crippen LogP contribution in [0.25, 0.3) is 11.4 Å². The first-order valence-electron chi connectivity index (χ1n) is 11.2. The van der Waals surface area contributed by atoms with Crippen LogP contribution in [0.5, 0.6) is 0 Å². The Morgan fingerprint density at radius 3 is 2.53 bits per heavy atom. The Morgan fingerprint density at radius 2 is 1.78 bits per heavy atom. The highest BCUT2D eigenvalue weighted by molar-refractivity contribution is 7.51. The van der Waals surface area contributed by atoms with E-state index in [0.29, 0.717) is 31.2 Å². The highest BCUT2D eigenvalue weighted by Crippen LogP contribution is 2.34. The Labute approximate surface area is 189 Å². The standard InChI is InChI=1S/C24H32N3O4P/c1-2-20-17-21(13-14-22(20)18-25-15-8-16-32(28,29)30)24-26-23(31-27-24)12-7-6-11-19-9-4-3-5-10-19/h3-5,9-10,13-14,17,25H,2,6-8,11-12,15-16,18H2,1H3,(H2,28,29,30). The summed E-state index contributed by atoms with van der Waals surface area (Å²) >= 11 is 0. The van der Waals surface area contributed by atoms with Crippen molar-refractivity contribution in [3.05, 3.63) is 71.1 Å². The number of rotatable bonds is 13. The van der Waals surface area contributed by atoms with E-state index in [9.17, 15) is 4.57 Å². The Kier molecular flexibility index (Phi) is 9.18. The number of aryl methyl sites for hydroxylation is 3. The Morgan fingerprint density at radius 1 is 1.00 bits per heavy atom. The molecule has 3 N–H and O–H groups in total. The topological polar surface area (TPSA) is 108 Å². The van der Waals surface area contributed by atoms with Crippen molar-refractivity contribution in [2.24, 2.45) is 0 Å². The average Bonchev–Trinajstić information content (AvgIpc) is 3.25. The highest BCUT2D eigenvalue weighted by atomic mass is 31.2. The van der Waals surface area contributed by atoms with Gasteiger partial charge in [0.2, 0.25) is 11.7 Å². The van der Waals surface area contributed by atoms with E-state index in [2.05, 4.69) is 58.8 Å². The van der Waals surface area contributed by atoms with E-state index < -0.39 is 7.60 Å². The number of nitrogens with one attached hydrogen (secondary N) is 1. The number of hydrogen-bond acceptors (Lipinski definition) is 5. The molecule has 7 nitrogen and oxygen atoms in total. The van der Waals surface area contributed by atoms with Crippen LogP contribution in [0.4, 0.5) is 0 Å². The molecule has 1 heterocycles. The van der Waals surface area contributed by atoms with Gasteiger partial charge in [0, 0.05) is 18.5 Å². The molecule has 0 saturated heterocycles. The summed E-state index contributed by atoms with van der Waals surface area (Å²) < 4.78 is 16.4. The molecule has 0 amide bonds. The van der Waals surface area contributed by atoms with Crippen LogP contribution in [-0.2, 0) is 30.4 Å². The summed E-state index contributed by atoms with van der Waals surface area (Å²) in [5, 5.41) is 7.42. The first kappa shape index (κ1) is 24.3. The summed E-state index contributed by atoms with van der Waals surface area (Å²) in [5.41, 5.74) is 4.64. The van der Waals surface area contributed by atoms with Gasteiger partial charge >= 0.3 is 7.60 Å². The number of aromatic nitrogens is 2. The Hall–Kier alpha value is -2.31. The van der Waals surface area contributed by atoms with Gasteiger partial charge in [-0.3, -0.25) is 4.57 Å². The van der Waals surface area contributed by atoms with Gasteiger partial charge in [-0.15, -0.1) is 0 Å². The monoisotopic (exact) mass is 457 g/mol. The van der Waals surface area contributed by atoms with Crippen LogP contribution in [0.1, 0.15) is 48.8 Å². The van der Waals surface area contributed by atoms with Gasteiger partial charge < -0.3 is 19.6 Å². The van der Waals surface area contributed by atoms with Crippen molar-refractivity contribution in [3.63, 3.8) is 0 Å². The fraction of sp³-hybridized carbons (Fsp3) is 0.417. The first-order valence-corrected chi connectivity index (χ1v) is 13.0. The second-order valence-corrected chi connectivity index (χ2v) is 9.74. The third-order valence-corrected chi connectivity index (χ3v) is 6.28. The van der Waals surface area contributed by atoms with Gasteiger partial charge in [-0.25, -0.2) is 0 Å². The van der Waals surface area contributed by atoms with E-state index in [1.165, 1.54) is 11.1 Å². The van der Waals surface area contributed by atoms with Gasteiger partial charge in [-0.05, 0) is 61.4 Å². The lowest BCUT2D eigenvalue weighted by atomic mass is 10.0. The molecule has 0 radical (unpaired) electrons. The van der Waals surface area contributed by atoms with Gasteiger partial charge in [-0.1, -0.05) is 54.5 Å². The van der Waals surface area contributed by atoms with E-state index in [1.54, 1.807) is 0 Å². The predicted octanol–water partition coefficient (Wildman–Crippen LogP) is 4.52. The second kappa shape index (κ2) is 12.1. The maximum absolute atomic E-state index is 10.9. The van der Waals surface area contributed by atoms with Crippen molar-refractivity contribution in [1.82, 2.24) is 15.5 Å². The molecule has 0 spiro atoms. The number of unbranched alkanes of at least 4 members (excludes halogenated alkanes) is 1. The van der Waals surface area contributed by atoms with Gasteiger partial charge in [-0.2, -0.15) is 4.98 Å². The lowest BCUT2D eigenvalue weighted by Crippen LogP contribution is -2.16. The van der Waals surface area contributed by atoms with Gasteiger partial charge in [0.05, 0.1) is 6.16 Å². The molecule has 0 aliphatic rings. The SMILES string of the molecule is CCc1cc(-c2noc(CCCCc3ccccc3)n2)ccc1CNCCCP(=O)(O)O.